The molecule has 128 valence electrons. The van der Waals surface area contributed by atoms with Crippen molar-refractivity contribution in [3.8, 4) is 0 Å². The summed E-state index contributed by atoms with van der Waals surface area (Å²) in [6, 6.07) is -1.05. The lowest BCUT2D eigenvalue weighted by Crippen LogP contribution is -2.41. The lowest BCUT2D eigenvalue weighted by Gasteiger charge is -2.11. The highest BCUT2D eigenvalue weighted by Gasteiger charge is 2.38. The number of aliphatic carboxylic acids is 4. The molecular weight excluding hydrogens is 339 g/mol. The molecule has 0 aliphatic rings. The van der Waals surface area contributed by atoms with Crippen LogP contribution in [0.1, 0.15) is 0 Å². The number of alkyl halides is 3. The first-order valence-corrected chi connectivity index (χ1v) is 6.31. The first kappa shape index (κ1) is 22.3. The fourth-order valence-electron chi connectivity index (χ4n) is 0.692. The molecular formula is C9H12F3NO8S. The first-order valence-electron chi connectivity index (χ1n) is 5.15. The molecule has 5 N–H and O–H groups in total. The fourth-order valence-corrected chi connectivity index (χ4v) is 1.48. The van der Waals surface area contributed by atoms with Crippen LogP contribution in [0.5, 0.6) is 0 Å². The quantitative estimate of drug-likeness (QED) is 0.388. The summed E-state index contributed by atoms with van der Waals surface area (Å²) in [5.74, 6) is -6.36. The van der Waals surface area contributed by atoms with Crippen LogP contribution in [0.3, 0.4) is 0 Å². The van der Waals surface area contributed by atoms with Crippen LogP contribution < -0.4 is 5.32 Å². The van der Waals surface area contributed by atoms with Crippen LogP contribution in [0.4, 0.5) is 13.2 Å². The molecule has 1 atom stereocenters. The van der Waals surface area contributed by atoms with Gasteiger partial charge in [0.15, 0.2) is 0 Å². The van der Waals surface area contributed by atoms with Crippen molar-refractivity contribution in [2.45, 2.75) is 12.2 Å². The van der Waals surface area contributed by atoms with Crippen molar-refractivity contribution in [3.63, 3.8) is 0 Å². The second kappa shape index (κ2) is 10.7. The van der Waals surface area contributed by atoms with E-state index in [9.17, 15) is 27.6 Å². The standard InChI is InChI=1S/C7H11NO6S.C2HF3O2/c9-5(10)1-8-4(7(13)14)2-15-3-6(11)12;3-2(4,5)1(6)7/h4,8H,1-3H2,(H,9,10)(H,11,12)(H,13,14);(H,6,7)/t4-;/m0./s1. The minimum atomic E-state index is -5.08. The van der Waals surface area contributed by atoms with E-state index in [2.05, 4.69) is 5.32 Å². The number of carboxylic acid groups (broad SMARTS) is 4. The summed E-state index contributed by atoms with van der Waals surface area (Å²) >= 11 is 0.914. The largest absolute Gasteiger partial charge is 0.490 e. The summed E-state index contributed by atoms with van der Waals surface area (Å²) in [5.41, 5.74) is 0. The average Bonchev–Trinajstić information content (AvgIpc) is 2.31. The van der Waals surface area contributed by atoms with Gasteiger partial charge in [-0.1, -0.05) is 0 Å². The molecule has 0 radical (unpaired) electrons. The molecule has 0 aliphatic carbocycles. The van der Waals surface area contributed by atoms with Crippen LogP contribution in [-0.4, -0.2) is 74.6 Å². The van der Waals surface area contributed by atoms with Gasteiger partial charge in [-0.15, -0.1) is 11.8 Å². The van der Waals surface area contributed by atoms with Gasteiger partial charge in [-0.2, -0.15) is 13.2 Å². The summed E-state index contributed by atoms with van der Waals surface area (Å²) in [7, 11) is 0. The van der Waals surface area contributed by atoms with Crippen LogP contribution in [0.15, 0.2) is 0 Å². The lowest BCUT2D eigenvalue weighted by atomic mass is 10.3. The highest BCUT2D eigenvalue weighted by molar-refractivity contribution is 8.00. The van der Waals surface area contributed by atoms with Crippen LogP contribution in [0, 0.1) is 0 Å². The number of hydrogen-bond donors (Lipinski definition) is 5. The summed E-state index contributed by atoms with van der Waals surface area (Å²) in [4.78, 5) is 39.8. The third kappa shape index (κ3) is 14.4. The Morgan fingerprint density at radius 1 is 1.00 bits per heavy atom. The van der Waals surface area contributed by atoms with Crippen molar-refractivity contribution in [2.24, 2.45) is 0 Å². The molecule has 0 aromatic carbocycles. The molecule has 0 saturated heterocycles. The maximum Gasteiger partial charge on any atom is 0.490 e. The van der Waals surface area contributed by atoms with Gasteiger partial charge in [0.2, 0.25) is 0 Å². The van der Waals surface area contributed by atoms with E-state index >= 15 is 0 Å². The third-order valence-electron chi connectivity index (χ3n) is 1.55. The van der Waals surface area contributed by atoms with Gasteiger partial charge in [-0.3, -0.25) is 19.7 Å². The predicted molar refractivity (Wildman–Crippen MR) is 65.7 cm³/mol. The van der Waals surface area contributed by atoms with Crippen molar-refractivity contribution in [1.29, 1.82) is 0 Å². The molecule has 0 saturated carbocycles. The molecule has 0 heterocycles. The third-order valence-corrected chi connectivity index (χ3v) is 2.57. The van der Waals surface area contributed by atoms with Crippen LogP contribution in [-0.2, 0) is 19.2 Å². The van der Waals surface area contributed by atoms with E-state index in [1.54, 1.807) is 0 Å². The Hall–Kier alpha value is -2.02. The van der Waals surface area contributed by atoms with Gasteiger partial charge in [0.1, 0.15) is 6.04 Å². The molecule has 0 rings (SSSR count). The Balaban J connectivity index is 0. The lowest BCUT2D eigenvalue weighted by molar-refractivity contribution is -0.192. The van der Waals surface area contributed by atoms with E-state index in [1.165, 1.54) is 0 Å². The molecule has 0 bridgehead atoms. The van der Waals surface area contributed by atoms with Gasteiger partial charge in [-0.05, 0) is 0 Å². The number of thioether (sulfide) groups is 1. The zero-order valence-electron chi connectivity index (χ0n) is 10.7. The highest BCUT2D eigenvalue weighted by atomic mass is 32.2. The molecule has 0 aliphatic heterocycles. The Labute approximate surface area is 125 Å². The maximum atomic E-state index is 10.6. The number of hydrogen-bond acceptors (Lipinski definition) is 6. The van der Waals surface area contributed by atoms with E-state index in [0.29, 0.717) is 0 Å². The summed E-state index contributed by atoms with van der Waals surface area (Å²) in [6.45, 7) is -0.468. The summed E-state index contributed by atoms with van der Waals surface area (Å²) in [6.07, 6.45) is -5.08. The van der Waals surface area contributed by atoms with E-state index in [4.69, 9.17) is 25.2 Å². The van der Waals surface area contributed by atoms with E-state index in [1.807, 2.05) is 0 Å². The molecule has 13 heteroatoms. The second-order valence-corrected chi connectivity index (χ2v) is 4.41. The summed E-state index contributed by atoms with van der Waals surface area (Å²) < 4.78 is 31.7. The molecule has 0 unspecified atom stereocenters. The van der Waals surface area contributed by atoms with E-state index in [0.717, 1.165) is 11.8 Å². The van der Waals surface area contributed by atoms with Crippen molar-refractivity contribution in [1.82, 2.24) is 5.32 Å². The normalized spacial score (nSPS) is 11.8. The minimum Gasteiger partial charge on any atom is -0.481 e. The summed E-state index contributed by atoms with van der Waals surface area (Å²) in [5, 5.41) is 34.6. The smallest absolute Gasteiger partial charge is 0.481 e. The Kier molecular flexibility index (Phi) is 10.8. The average molecular weight is 351 g/mol. The van der Waals surface area contributed by atoms with Crippen molar-refractivity contribution in [3.05, 3.63) is 0 Å². The van der Waals surface area contributed by atoms with Gasteiger partial charge < -0.3 is 20.4 Å². The monoisotopic (exact) mass is 351 g/mol. The Bertz CT molecular complexity index is 414. The number of carboxylic acids is 4. The maximum absolute atomic E-state index is 10.6. The molecule has 0 aromatic rings. The van der Waals surface area contributed by atoms with Gasteiger partial charge in [-0.25, -0.2) is 4.79 Å². The van der Waals surface area contributed by atoms with E-state index < -0.39 is 42.6 Å². The topological polar surface area (TPSA) is 161 Å². The number of nitrogens with one attached hydrogen (secondary N) is 1. The van der Waals surface area contributed by atoms with Gasteiger partial charge in [0, 0.05) is 5.75 Å². The Morgan fingerprint density at radius 2 is 1.45 bits per heavy atom. The molecule has 0 spiro atoms. The fraction of sp³-hybridized carbons (Fsp3) is 0.556. The van der Waals surface area contributed by atoms with E-state index in [-0.39, 0.29) is 11.5 Å². The zero-order chi connectivity index (χ0) is 17.9. The van der Waals surface area contributed by atoms with Gasteiger partial charge in [0.05, 0.1) is 12.3 Å². The Morgan fingerprint density at radius 3 is 1.73 bits per heavy atom. The van der Waals surface area contributed by atoms with Gasteiger partial charge >= 0.3 is 30.1 Å². The second-order valence-electron chi connectivity index (χ2n) is 3.38. The van der Waals surface area contributed by atoms with Crippen LogP contribution in [0.2, 0.25) is 0 Å². The molecule has 0 fully saturated rings. The van der Waals surface area contributed by atoms with Crippen LogP contribution in [0.25, 0.3) is 0 Å². The van der Waals surface area contributed by atoms with Gasteiger partial charge in [0.25, 0.3) is 0 Å². The zero-order valence-corrected chi connectivity index (χ0v) is 11.5. The number of carbonyl (C=O) groups is 4. The molecule has 0 amide bonds. The van der Waals surface area contributed by atoms with Crippen molar-refractivity contribution in [2.75, 3.05) is 18.1 Å². The van der Waals surface area contributed by atoms with Crippen molar-refractivity contribution < 1.29 is 52.8 Å². The van der Waals surface area contributed by atoms with Crippen LogP contribution >= 0.6 is 11.8 Å². The SMILES string of the molecule is O=C(O)C(F)(F)F.O=C(O)CN[C@@H](CSCC(=O)O)C(=O)O. The molecule has 22 heavy (non-hydrogen) atoms. The minimum absolute atomic E-state index is 0.00884. The predicted octanol–water partition coefficient (Wildman–Crippen LogP) is -0.435. The number of halogens is 3. The highest BCUT2D eigenvalue weighted by Crippen LogP contribution is 2.13. The molecule has 0 aromatic heterocycles. The van der Waals surface area contributed by atoms with Crippen molar-refractivity contribution >= 4 is 35.6 Å². The number of rotatable bonds is 8. The molecule has 9 nitrogen and oxygen atoms in total. The first-order chi connectivity index (χ1) is 9.87.